The van der Waals surface area contributed by atoms with Gasteiger partial charge in [-0.25, -0.2) is 4.98 Å². The minimum Gasteiger partial charge on any atom is -0.381 e. The first-order valence-corrected chi connectivity index (χ1v) is 6.04. The van der Waals surface area contributed by atoms with Crippen molar-refractivity contribution in [2.75, 3.05) is 25.0 Å². The van der Waals surface area contributed by atoms with E-state index in [-0.39, 0.29) is 0 Å². The topological polar surface area (TPSA) is 52.0 Å². The van der Waals surface area contributed by atoms with E-state index in [1.54, 1.807) is 12.3 Å². The van der Waals surface area contributed by atoms with Gasteiger partial charge in [-0.3, -0.25) is 0 Å². The van der Waals surface area contributed by atoms with E-state index in [9.17, 15) is 0 Å². The number of nitriles is 1. The zero-order chi connectivity index (χ0) is 12.7. The van der Waals surface area contributed by atoms with E-state index >= 15 is 0 Å². The quantitative estimate of drug-likeness (QED) is 0.816. The summed E-state index contributed by atoms with van der Waals surface area (Å²) >= 11 is 0. The van der Waals surface area contributed by atoms with E-state index in [4.69, 9.17) is 5.26 Å². The van der Waals surface area contributed by atoms with Crippen molar-refractivity contribution in [2.24, 2.45) is 0 Å². The highest BCUT2D eigenvalue weighted by atomic mass is 15.1. The van der Waals surface area contributed by atoms with Crippen molar-refractivity contribution in [2.45, 2.75) is 26.8 Å². The second-order valence-electron chi connectivity index (χ2n) is 4.07. The van der Waals surface area contributed by atoms with Crippen molar-refractivity contribution in [1.29, 1.82) is 5.26 Å². The van der Waals surface area contributed by atoms with E-state index < -0.39 is 0 Å². The Morgan fingerprint density at radius 2 is 2.18 bits per heavy atom. The average molecular weight is 232 g/mol. The van der Waals surface area contributed by atoms with Crippen LogP contribution < -0.4 is 5.32 Å². The molecule has 4 heteroatoms. The Labute approximate surface area is 103 Å². The number of aromatic nitrogens is 1. The van der Waals surface area contributed by atoms with Crippen LogP contribution in [0.15, 0.2) is 18.3 Å². The Balaban J connectivity index is 2.55. The Kier molecular flexibility index (Phi) is 5.44. The lowest BCUT2D eigenvalue weighted by Crippen LogP contribution is -2.34. The van der Waals surface area contributed by atoms with Crippen LogP contribution in [0.25, 0.3) is 0 Å². The molecule has 0 aromatic carbocycles. The van der Waals surface area contributed by atoms with E-state index in [0.717, 1.165) is 25.3 Å². The van der Waals surface area contributed by atoms with Gasteiger partial charge in [0.25, 0.3) is 0 Å². The highest BCUT2D eigenvalue weighted by Gasteiger charge is 2.07. The molecule has 4 nitrogen and oxygen atoms in total. The molecule has 0 spiro atoms. The summed E-state index contributed by atoms with van der Waals surface area (Å²) in [5.74, 6) is 0. The Hall–Kier alpha value is -1.60. The molecule has 0 aliphatic rings. The number of hydrogen-bond donors (Lipinski definition) is 1. The second-order valence-corrected chi connectivity index (χ2v) is 4.07. The number of hydrogen-bond acceptors (Lipinski definition) is 4. The van der Waals surface area contributed by atoms with Crippen LogP contribution in [-0.4, -0.2) is 35.6 Å². The van der Waals surface area contributed by atoms with Gasteiger partial charge in [-0.05, 0) is 32.1 Å². The number of pyridine rings is 1. The first-order valence-electron chi connectivity index (χ1n) is 6.04. The molecule has 1 N–H and O–H groups in total. The molecule has 1 atom stereocenters. The number of anilines is 1. The van der Waals surface area contributed by atoms with Gasteiger partial charge >= 0.3 is 0 Å². The Morgan fingerprint density at radius 1 is 1.47 bits per heavy atom. The minimum absolute atomic E-state index is 0.351. The van der Waals surface area contributed by atoms with E-state index in [1.165, 1.54) is 0 Å². The summed E-state index contributed by atoms with van der Waals surface area (Å²) in [7, 11) is 0. The summed E-state index contributed by atoms with van der Waals surface area (Å²) in [4.78, 5) is 6.31. The summed E-state index contributed by atoms with van der Waals surface area (Å²) in [6.07, 6.45) is 1.66. The zero-order valence-corrected chi connectivity index (χ0v) is 10.8. The average Bonchev–Trinajstić information content (AvgIpc) is 2.36. The third-order valence-corrected chi connectivity index (χ3v) is 2.71. The van der Waals surface area contributed by atoms with Crippen molar-refractivity contribution >= 4 is 5.69 Å². The molecule has 17 heavy (non-hydrogen) atoms. The van der Waals surface area contributed by atoms with Gasteiger partial charge in [-0.2, -0.15) is 5.26 Å². The lowest BCUT2D eigenvalue weighted by atomic mass is 10.2. The molecular weight excluding hydrogens is 212 g/mol. The van der Waals surface area contributed by atoms with E-state index in [2.05, 4.69) is 36.0 Å². The first-order chi connectivity index (χ1) is 8.19. The second kappa shape index (κ2) is 6.87. The maximum absolute atomic E-state index is 8.77. The maximum Gasteiger partial charge on any atom is 0.142 e. The van der Waals surface area contributed by atoms with Crippen molar-refractivity contribution in [3.63, 3.8) is 0 Å². The van der Waals surface area contributed by atoms with Crippen LogP contribution >= 0.6 is 0 Å². The monoisotopic (exact) mass is 232 g/mol. The van der Waals surface area contributed by atoms with Crippen molar-refractivity contribution in [3.8, 4) is 6.07 Å². The lowest BCUT2D eigenvalue weighted by Gasteiger charge is -2.24. The Morgan fingerprint density at radius 3 is 2.76 bits per heavy atom. The first kappa shape index (κ1) is 13.5. The van der Waals surface area contributed by atoms with Gasteiger partial charge in [0.05, 0.1) is 0 Å². The molecule has 0 saturated heterocycles. The molecule has 1 unspecified atom stereocenters. The fraction of sp³-hybridized carbons (Fsp3) is 0.538. The summed E-state index contributed by atoms with van der Waals surface area (Å²) < 4.78 is 0. The summed E-state index contributed by atoms with van der Waals surface area (Å²) in [6.45, 7) is 9.58. The van der Waals surface area contributed by atoms with Gasteiger partial charge in [-0.1, -0.05) is 13.8 Å². The van der Waals surface area contributed by atoms with Gasteiger partial charge in [0.2, 0.25) is 0 Å². The van der Waals surface area contributed by atoms with E-state index in [0.29, 0.717) is 11.7 Å². The summed E-state index contributed by atoms with van der Waals surface area (Å²) in [5.41, 5.74) is 1.40. The smallest absolute Gasteiger partial charge is 0.142 e. The van der Waals surface area contributed by atoms with Gasteiger partial charge < -0.3 is 10.2 Å². The molecule has 92 valence electrons. The molecular formula is C13H20N4. The molecule has 1 aromatic rings. The predicted octanol–water partition coefficient (Wildman–Crippen LogP) is 2.10. The highest BCUT2D eigenvalue weighted by molar-refractivity contribution is 5.46. The lowest BCUT2D eigenvalue weighted by molar-refractivity contribution is 0.295. The third-order valence-electron chi connectivity index (χ3n) is 2.71. The minimum atomic E-state index is 0.351. The van der Waals surface area contributed by atoms with Crippen LogP contribution in [0.1, 0.15) is 26.5 Å². The van der Waals surface area contributed by atoms with Gasteiger partial charge in [-0.15, -0.1) is 0 Å². The molecule has 0 fully saturated rings. The fourth-order valence-electron chi connectivity index (χ4n) is 1.78. The van der Waals surface area contributed by atoms with Crippen LogP contribution in [0.3, 0.4) is 0 Å². The van der Waals surface area contributed by atoms with Crippen LogP contribution in [0.2, 0.25) is 0 Å². The number of likely N-dealkylation sites (N-methyl/N-ethyl adjacent to an activating group) is 1. The van der Waals surface area contributed by atoms with Crippen LogP contribution in [0.4, 0.5) is 5.69 Å². The maximum atomic E-state index is 8.77. The SMILES string of the molecule is CCN(CC)CC(C)Nc1ccnc(C#N)c1. The van der Waals surface area contributed by atoms with Crippen molar-refractivity contribution in [3.05, 3.63) is 24.0 Å². The highest BCUT2D eigenvalue weighted by Crippen LogP contribution is 2.09. The fourth-order valence-corrected chi connectivity index (χ4v) is 1.78. The molecule has 1 aromatic heterocycles. The molecule has 0 radical (unpaired) electrons. The molecule has 1 rings (SSSR count). The van der Waals surface area contributed by atoms with Gasteiger partial charge in [0.1, 0.15) is 11.8 Å². The number of nitrogens with one attached hydrogen (secondary N) is 1. The van der Waals surface area contributed by atoms with Crippen LogP contribution in [-0.2, 0) is 0 Å². The molecule has 0 aliphatic heterocycles. The van der Waals surface area contributed by atoms with Crippen LogP contribution in [0, 0.1) is 11.3 Å². The van der Waals surface area contributed by atoms with Gasteiger partial charge in [0.15, 0.2) is 0 Å². The zero-order valence-electron chi connectivity index (χ0n) is 10.8. The normalized spacial score (nSPS) is 12.2. The largest absolute Gasteiger partial charge is 0.381 e. The predicted molar refractivity (Wildman–Crippen MR) is 69.8 cm³/mol. The molecule has 1 heterocycles. The molecule has 0 bridgehead atoms. The summed E-state index contributed by atoms with van der Waals surface area (Å²) in [6, 6.07) is 6.06. The standard InChI is InChI=1S/C13H20N4/c1-4-17(5-2)10-11(3)16-12-6-7-15-13(8-12)9-14/h6-8,11H,4-5,10H2,1-3H3,(H,15,16). The van der Waals surface area contributed by atoms with Crippen LogP contribution in [0.5, 0.6) is 0 Å². The molecule has 0 aliphatic carbocycles. The molecule has 0 amide bonds. The summed E-state index contributed by atoms with van der Waals surface area (Å²) in [5, 5.41) is 12.2. The van der Waals surface area contributed by atoms with Crippen molar-refractivity contribution < 1.29 is 0 Å². The number of rotatable bonds is 6. The van der Waals surface area contributed by atoms with E-state index in [1.807, 2.05) is 12.1 Å². The number of nitrogens with zero attached hydrogens (tertiary/aromatic N) is 3. The Bertz CT molecular complexity index is 379. The van der Waals surface area contributed by atoms with Gasteiger partial charge in [0, 0.05) is 24.5 Å². The molecule has 0 saturated carbocycles. The third kappa shape index (κ3) is 4.41. The van der Waals surface area contributed by atoms with Crippen molar-refractivity contribution in [1.82, 2.24) is 9.88 Å².